The summed E-state index contributed by atoms with van der Waals surface area (Å²) in [4.78, 5) is 34.2. The number of halogens is 1. The molecule has 0 aliphatic heterocycles. The van der Waals surface area contributed by atoms with Gasteiger partial charge in [0.2, 0.25) is 0 Å². The summed E-state index contributed by atoms with van der Waals surface area (Å²) >= 11 is 1.27. The van der Waals surface area contributed by atoms with Crippen LogP contribution in [0.3, 0.4) is 0 Å². The zero-order valence-corrected chi connectivity index (χ0v) is 19.9. The molecule has 180 valence electrons. The number of alkyl halides is 1. The Bertz CT molecular complexity index is 1310. The van der Waals surface area contributed by atoms with Crippen LogP contribution in [0.2, 0.25) is 0 Å². The fourth-order valence-electron chi connectivity index (χ4n) is 3.35. The van der Waals surface area contributed by atoms with Crippen molar-refractivity contribution in [2.24, 2.45) is 0 Å². The Hall–Kier alpha value is -4.05. The van der Waals surface area contributed by atoms with E-state index in [1.807, 2.05) is 17.7 Å². The van der Waals surface area contributed by atoms with Gasteiger partial charge in [0.25, 0.3) is 11.8 Å². The van der Waals surface area contributed by atoms with Crippen molar-refractivity contribution >= 4 is 39.7 Å². The van der Waals surface area contributed by atoms with Crippen LogP contribution in [-0.2, 0) is 13.2 Å². The second kappa shape index (κ2) is 11.4. The first kappa shape index (κ1) is 24.1. The van der Waals surface area contributed by atoms with Crippen LogP contribution in [-0.4, -0.2) is 32.9 Å². The zero-order chi connectivity index (χ0) is 24.6. The molecule has 2 aromatic carbocycles. The minimum Gasteiger partial charge on any atom is -0.361 e. The lowest BCUT2D eigenvalue weighted by atomic mass is 10.1. The van der Waals surface area contributed by atoms with E-state index >= 15 is 0 Å². The predicted molar refractivity (Wildman–Crippen MR) is 136 cm³/mol. The molecular formula is C25H25FN6O2S. The molecule has 2 aromatic heterocycles. The Balaban J connectivity index is 1.35. The van der Waals surface area contributed by atoms with Crippen molar-refractivity contribution < 1.29 is 14.0 Å². The maximum absolute atomic E-state index is 12.9. The predicted octanol–water partition coefficient (Wildman–Crippen LogP) is 5.12. The number of carbonyl (C=O) groups excluding carboxylic acids is 2. The van der Waals surface area contributed by atoms with Gasteiger partial charge in [-0.25, -0.2) is 14.4 Å². The summed E-state index contributed by atoms with van der Waals surface area (Å²) in [7, 11) is 0. The number of thiazole rings is 1. The van der Waals surface area contributed by atoms with Crippen molar-refractivity contribution in [3.05, 3.63) is 88.9 Å². The van der Waals surface area contributed by atoms with Gasteiger partial charge in [0.15, 0.2) is 5.13 Å². The van der Waals surface area contributed by atoms with Crippen LogP contribution in [0.25, 0.3) is 0 Å². The molecule has 0 saturated heterocycles. The van der Waals surface area contributed by atoms with Gasteiger partial charge in [-0.1, -0.05) is 29.5 Å². The Labute approximate surface area is 206 Å². The van der Waals surface area contributed by atoms with Gasteiger partial charge in [-0.05, 0) is 48.7 Å². The lowest BCUT2D eigenvalue weighted by molar-refractivity contribution is 0.101. The summed E-state index contributed by atoms with van der Waals surface area (Å²) in [5.41, 5.74) is 2.71. The molecule has 0 unspecified atom stereocenters. The van der Waals surface area contributed by atoms with E-state index in [1.54, 1.807) is 55.0 Å². The van der Waals surface area contributed by atoms with E-state index in [-0.39, 0.29) is 11.8 Å². The summed E-state index contributed by atoms with van der Waals surface area (Å²) < 4.78 is 14.9. The molecule has 0 fully saturated rings. The van der Waals surface area contributed by atoms with E-state index in [4.69, 9.17) is 0 Å². The third kappa shape index (κ3) is 6.51. The first-order chi connectivity index (χ1) is 17.0. The largest absolute Gasteiger partial charge is 0.361 e. The highest BCUT2D eigenvalue weighted by Crippen LogP contribution is 2.23. The van der Waals surface area contributed by atoms with E-state index in [9.17, 15) is 14.0 Å². The minimum absolute atomic E-state index is 0.301. The van der Waals surface area contributed by atoms with Crippen molar-refractivity contribution in [1.29, 1.82) is 0 Å². The van der Waals surface area contributed by atoms with E-state index in [0.717, 1.165) is 25.1 Å². The van der Waals surface area contributed by atoms with Crippen molar-refractivity contribution in [2.75, 3.05) is 22.5 Å². The molecule has 8 nitrogen and oxygen atoms in total. The number of hydrogen-bond acceptors (Lipinski definition) is 6. The minimum atomic E-state index is -0.606. The quantitative estimate of drug-likeness (QED) is 0.267. The van der Waals surface area contributed by atoms with Gasteiger partial charge in [-0.3, -0.25) is 9.59 Å². The molecule has 0 atom stereocenters. The molecule has 3 N–H and O–H groups in total. The average molecular weight is 493 g/mol. The lowest BCUT2D eigenvalue weighted by Crippen LogP contribution is -2.15. The molecular weight excluding hydrogens is 467 g/mol. The highest BCUT2D eigenvalue weighted by Gasteiger charge is 2.14. The van der Waals surface area contributed by atoms with Gasteiger partial charge in [-0.15, -0.1) is 0 Å². The Morgan fingerprint density at radius 2 is 2.00 bits per heavy atom. The number of benzene rings is 2. The van der Waals surface area contributed by atoms with E-state index in [2.05, 4.69) is 25.9 Å². The van der Waals surface area contributed by atoms with Crippen molar-refractivity contribution in [3.63, 3.8) is 0 Å². The molecule has 0 saturated carbocycles. The number of amides is 2. The first-order valence-corrected chi connectivity index (χ1v) is 11.9. The molecule has 0 radical (unpaired) electrons. The van der Waals surface area contributed by atoms with Crippen molar-refractivity contribution in [1.82, 2.24) is 14.5 Å². The Morgan fingerprint density at radius 3 is 2.80 bits per heavy atom. The first-order valence-electron chi connectivity index (χ1n) is 11.1. The second-order valence-electron chi connectivity index (χ2n) is 7.88. The molecule has 0 aliphatic rings. The number of aryl methyl sites for hydroxylation is 2. The van der Waals surface area contributed by atoms with E-state index < -0.39 is 6.67 Å². The van der Waals surface area contributed by atoms with E-state index in [0.29, 0.717) is 32.5 Å². The summed E-state index contributed by atoms with van der Waals surface area (Å²) in [5.74, 6) is -0.651. The zero-order valence-electron chi connectivity index (χ0n) is 19.1. The number of hydrogen-bond donors (Lipinski definition) is 3. The SMILES string of the molecule is Cc1ccc(C(=O)Nc2cccc(CF)c2)cc1NC(=O)c1cnc(NCCCn2ccnc2)s1. The fraction of sp³-hybridized carbons (Fsp3) is 0.200. The van der Waals surface area contributed by atoms with Crippen LogP contribution in [0, 0.1) is 6.92 Å². The average Bonchev–Trinajstić information content (AvgIpc) is 3.56. The topological polar surface area (TPSA) is 101 Å². The molecule has 35 heavy (non-hydrogen) atoms. The smallest absolute Gasteiger partial charge is 0.267 e. The number of anilines is 3. The highest BCUT2D eigenvalue weighted by atomic mass is 32.1. The van der Waals surface area contributed by atoms with Gasteiger partial charge in [0, 0.05) is 42.4 Å². The number of carbonyl (C=O) groups is 2. The number of nitrogens with one attached hydrogen (secondary N) is 3. The van der Waals surface area contributed by atoms with Gasteiger partial charge in [0.1, 0.15) is 11.6 Å². The monoisotopic (exact) mass is 492 g/mol. The van der Waals surface area contributed by atoms with Gasteiger partial charge < -0.3 is 20.5 Å². The van der Waals surface area contributed by atoms with Gasteiger partial charge in [0.05, 0.1) is 12.5 Å². The number of nitrogens with zero attached hydrogens (tertiary/aromatic N) is 3. The maximum atomic E-state index is 12.9. The molecule has 0 spiro atoms. The molecule has 2 heterocycles. The molecule has 2 amide bonds. The molecule has 0 bridgehead atoms. The van der Waals surface area contributed by atoms with Crippen LogP contribution in [0.1, 0.15) is 37.6 Å². The lowest BCUT2D eigenvalue weighted by Gasteiger charge is -2.11. The van der Waals surface area contributed by atoms with Crippen LogP contribution >= 0.6 is 11.3 Å². The molecule has 10 heteroatoms. The number of rotatable bonds is 10. The Morgan fingerprint density at radius 1 is 1.11 bits per heavy atom. The van der Waals surface area contributed by atoms with Gasteiger partial charge in [-0.2, -0.15) is 0 Å². The van der Waals surface area contributed by atoms with Crippen molar-refractivity contribution in [2.45, 2.75) is 26.6 Å². The Kier molecular flexibility index (Phi) is 7.84. The summed E-state index contributed by atoms with van der Waals surface area (Å²) in [6.07, 6.45) is 7.86. The van der Waals surface area contributed by atoms with Crippen LogP contribution < -0.4 is 16.0 Å². The number of aromatic nitrogens is 3. The summed E-state index contributed by atoms with van der Waals surface area (Å²) in [6.45, 7) is 2.81. The third-order valence-electron chi connectivity index (χ3n) is 5.25. The molecule has 4 aromatic rings. The summed E-state index contributed by atoms with van der Waals surface area (Å²) in [6, 6.07) is 11.7. The maximum Gasteiger partial charge on any atom is 0.267 e. The fourth-order valence-corrected chi connectivity index (χ4v) is 4.09. The molecule has 4 rings (SSSR count). The molecule has 0 aliphatic carbocycles. The standard InChI is InChI=1S/C25H25FN6O2S/c1-17-6-7-19(23(33)30-20-5-2-4-18(12-20)14-26)13-21(17)31-24(34)22-15-29-25(35-22)28-8-3-10-32-11-9-27-16-32/h2,4-7,9,11-13,15-16H,3,8,10,14H2,1H3,(H,28,29)(H,30,33)(H,31,34). The third-order valence-corrected chi connectivity index (χ3v) is 6.20. The van der Waals surface area contributed by atoms with Crippen molar-refractivity contribution in [3.8, 4) is 0 Å². The second-order valence-corrected chi connectivity index (χ2v) is 8.91. The van der Waals surface area contributed by atoms with Gasteiger partial charge >= 0.3 is 0 Å². The van der Waals surface area contributed by atoms with Crippen LogP contribution in [0.4, 0.5) is 20.9 Å². The normalized spacial score (nSPS) is 10.7. The highest BCUT2D eigenvalue weighted by molar-refractivity contribution is 7.17. The number of imidazole rings is 1. The van der Waals surface area contributed by atoms with Crippen LogP contribution in [0.5, 0.6) is 0 Å². The van der Waals surface area contributed by atoms with E-state index in [1.165, 1.54) is 17.5 Å². The summed E-state index contributed by atoms with van der Waals surface area (Å²) in [5, 5.41) is 9.53. The van der Waals surface area contributed by atoms with Crippen LogP contribution in [0.15, 0.2) is 67.4 Å².